The Kier molecular flexibility index (Phi) is 13.7. The second-order valence-electron chi connectivity index (χ2n) is 7.86. The van der Waals surface area contributed by atoms with Gasteiger partial charge in [0.05, 0.1) is 0 Å². The van der Waals surface area contributed by atoms with Gasteiger partial charge in [0.15, 0.2) is 5.78 Å². The smallest absolute Gasteiger partial charge is 0.325 e. The quantitative estimate of drug-likeness (QED) is 0.115. The van der Waals surface area contributed by atoms with E-state index < -0.39 is 23.6 Å². The number of nitrogens with one attached hydrogen (secondary N) is 1. The van der Waals surface area contributed by atoms with Crippen LogP contribution in [0.3, 0.4) is 0 Å². The lowest BCUT2D eigenvalue weighted by Crippen LogP contribution is -2.31. The van der Waals surface area contributed by atoms with Crippen molar-refractivity contribution in [3.63, 3.8) is 0 Å². The Hall–Kier alpha value is -2.63. The monoisotopic (exact) mass is 431 g/mol. The van der Waals surface area contributed by atoms with Crippen molar-refractivity contribution >= 4 is 23.4 Å². The van der Waals surface area contributed by atoms with E-state index in [4.69, 9.17) is 10.2 Å². The number of anilines is 1. The van der Waals surface area contributed by atoms with Crippen LogP contribution in [-0.4, -0.2) is 34.5 Å². The first kappa shape index (κ1) is 26.4. The zero-order chi connectivity index (χ0) is 22.9. The lowest BCUT2D eigenvalue weighted by Gasteiger charge is -2.09. The van der Waals surface area contributed by atoms with E-state index in [0.29, 0.717) is 12.2 Å². The maximum absolute atomic E-state index is 12.2. The third-order valence-corrected chi connectivity index (χ3v) is 5.17. The molecule has 0 aliphatic carbocycles. The van der Waals surface area contributed by atoms with E-state index in [1.165, 1.54) is 63.5 Å². The van der Waals surface area contributed by atoms with Crippen LogP contribution in [0.4, 0.5) is 5.69 Å². The third-order valence-electron chi connectivity index (χ3n) is 5.17. The Morgan fingerprint density at radius 3 is 2.06 bits per heavy atom. The molecule has 1 rings (SSSR count). The summed E-state index contributed by atoms with van der Waals surface area (Å²) in [6.45, 7) is 2.95. The molecule has 0 fully saturated rings. The van der Waals surface area contributed by atoms with Crippen LogP contribution in [0.1, 0.15) is 87.9 Å². The largest absolute Gasteiger partial charge is 0.480 e. The molecule has 3 N–H and O–H groups in total. The highest BCUT2D eigenvalue weighted by Crippen LogP contribution is 2.16. The van der Waals surface area contributed by atoms with E-state index in [0.717, 1.165) is 19.3 Å². The molecular formula is C25H37NO5. The van der Waals surface area contributed by atoms with Crippen molar-refractivity contribution in [1.82, 2.24) is 0 Å². The molecule has 31 heavy (non-hydrogen) atoms. The van der Waals surface area contributed by atoms with Crippen LogP contribution in [0, 0.1) is 5.92 Å². The Bertz CT molecular complexity index is 700. The maximum Gasteiger partial charge on any atom is 0.325 e. The van der Waals surface area contributed by atoms with Gasteiger partial charge in [0, 0.05) is 17.8 Å². The number of carboxylic acids is 2. The first-order valence-electron chi connectivity index (χ1n) is 11.5. The predicted molar refractivity (Wildman–Crippen MR) is 124 cm³/mol. The molecule has 6 heteroatoms. The van der Waals surface area contributed by atoms with Gasteiger partial charge < -0.3 is 15.5 Å². The molecule has 0 atom stereocenters. The maximum atomic E-state index is 12.2. The van der Waals surface area contributed by atoms with Gasteiger partial charge in [0.2, 0.25) is 5.92 Å². The van der Waals surface area contributed by atoms with Gasteiger partial charge in [-0.1, -0.05) is 76.2 Å². The standard InChI is InChI=1S/C25H37NO5/c1-2-3-4-5-6-7-8-9-10-11-12-13-14-18-26-21-17-15-16-20(19-21)23(27)22(24(28)29)25(30)31/h11-12,15-17,19,22,26H,2-10,13-14,18H2,1H3,(H,28,29)(H,30,31). The SMILES string of the molecule is CCCCCCCCCCC=CCCCNc1cccc(C(=O)C(C(=O)O)C(=O)O)c1. The number of hydrogen-bond acceptors (Lipinski definition) is 4. The second-order valence-corrected chi connectivity index (χ2v) is 7.86. The van der Waals surface area contributed by atoms with E-state index in [2.05, 4.69) is 24.4 Å². The molecule has 0 amide bonds. The number of carboxylic acid groups (broad SMARTS) is 2. The number of carbonyl (C=O) groups excluding carboxylic acids is 1. The minimum absolute atomic E-state index is 0.0741. The topological polar surface area (TPSA) is 104 Å². The number of Topliss-reactive ketones (excluding diaryl/α,β-unsaturated/α-hetero) is 1. The van der Waals surface area contributed by atoms with Gasteiger partial charge in [-0.05, 0) is 37.8 Å². The van der Waals surface area contributed by atoms with Crippen LogP contribution in [0.15, 0.2) is 36.4 Å². The zero-order valence-corrected chi connectivity index (χ0v) is 18.6. The molecule has 0 radical (unpaired) electrons. The molecule has 0 spiro atoms. The molecule has 0 bridgehead atoms. The molecule has 1 aromatic carbocycles. The van der Waals surface area contributed by atoms with E-state index in [1.807, 2.05) is 0 Å². The average molecular weight is 432 g/mol. The molecule has 172 valence electrons. The van der Waals surface area contributed by atoms with E-state index >= 15 is 0 Å². The summed E-state index contributed by atoms with van der Waals surface area (Å²) in [4.78, 5) is 34.3. The van der Waals surface area contributed by atoms with E-state index in [9.17, 15) is 14.4 Å². The van der Waals surface area contributed by atoms with Gasteiger partial charge in [0.1, 0.15) is 0 Å². The first-order chi connectivity index (χ1) is 15.0. The number of hydrogen-bond donors (Lipinski definition) is 3. The van der Waals surface area contributed by atoms with Crippen molar-refractivity contribution in [3.8, 4) is 0 Å². The van der Waals surface area contributed by atoms with Gasteiger partial charge >= 0.3 is 11.9 Å². The van der Waals surface area contributed by atoms with Crippen molar-refractivity contribution in [1.29, 1.82) is 0 Å². The number of allylic oxidation sites excluding steroid dienone is 2. The molecule has 0 heterocycles. The molecule has 0 aliphatic heterocycles. The van der Waals surface area contributed by atoms with E-state index in [-0.39, 0.29) is 5.56 Å². The highest BCUT2D eigenvalue weighted by Gasteiger charge is 2.34. The van der Waals surface area contributed by atoms with Gasteiger partial charge in [-0.3, -0.25) is 14.4 Å². The number of ketones is 1. The van der Waals surface area contributed by atoms with Crippen molar-refractivity contribution in [2.45, 2.75) is 77.6 Å². The van der Waals surface area contributed by atoms with Gasteiger partial charge in [0.25, 0.3) is 0 Å². The van der Waals surface area contributed by atoms with Gasteiger partial charge in [-0.2, -0.15) is 0 Å². The number of carbonyl (C=O) groups is 3. The van der Waals surface area contributed by atoms with Crippen molar-refractivity contribution in [3.05, 3.63) is 42.0 Å². The number of rotatable bonds is 18. The summed E-state index contributed by atoms with van der Waals surface area (Å²) in [6.07, 6.45) is 18.1. The highest BCUT2D eigenvalue weighted by molar-refractivity contribution is 6.20. The second kappa shape index (κ2) is 16.1. The average Bonchev–Trinajstić information content (AvgIpc) is 2.73. The van der Waals surface area contributed by atoms with E-state index in [1.54, 1.807) is 12.1 Å². The fourth-order valence-electron chi connectivity index (χ4n) is 3.36. The van der Waals surface area contributed by atoms with Crippen LogP contribution in [0.5, 0.6) is 0 Å². The minimum Gasteiger partial charge on any atom is -0.480 e. The predicted octanol–water partition coefficient (Wildman–Crippen LogP) is 5.93. The Morgan fingerprint density at radius 1 is 0.871 bits per heavy atom. The van der Waals surface area contributed by atoms with Gasteiger partial charge in [-0.15, -0.1) is 0 Å². The van der Waals surface area contributed by atoms with Gasteiger partial charge in [-0.25, -0.2) is 0 Å². The highest BCUT2D eigenvalue weighted by atomic mass is 16.4. The Balaban J connectivity index is 2.22. The summed E-state index contributed by atoms with van der Waals surface area (Å²) in [6, 6.07) is 6.31. The minimum atomic E-state index is -2.08. The summed E-state index contributed by atoms with van der Waals surface area (Å²) >= 11 is 0. The van der Waals surface area contributed by atoms with Crippen LogP contribution in [0.2, 0.25) is 0 Å². The lowest BCUT2D eigenvalue weighted by molar-refractivity contribution is -0.151. The molecule has 1 aromatic rings. The molecule has 0 saturated carbocycles. The normalized spacial score (nSPS) is 11.2. The number of unbranched alkanes of at least 4 members (excludes halogenated alkanes) is 9. The van der Waals surface area contributed by atoms with Crippen molar-refractivity contribution < 1.29 is 24.6 Å². The molecule has 0 aromatic heterocycles. The number of aliphatic carboxylic acids is 2. The van der Waals surface area contributed by atoms with Crippen molar-refractivity contribution in [2.75, 3.05) is 11.9 Å². The summed E-state index contributed by atoms with van der Waals surface area (Å²) in [7, 11) is 0. The Morgan fingerprint density at radius 2 is 1.45 bits per heavy atom. The van der Waals surface area contributed by atoms with Crippen LogP contribution in [0.25, 0.3) is 0 Å². The summed E-state index contributed by atoms with van der Waals surface area (Å²) in [5.74, 6) is -6.32. The summed E-state index contributed by atoms with van der Waals surface area (Å²) in [5, 5.41) is 21.1. The zero-order valence-electron chi connectivity index (χ0n) is 18.6. The summed E-state index contributed by atoms with van der Waals surface area (Å²) < 4.78 is 0. The van der Waals surface area contributed by atoms with Crippen molar-refractivity contribution in [2.24, 2.45) is 5.92 Å². The molecule has 6 nitrogen and oxygen atoms in total. The van der Waals surface area contributed by atoms with Crippen LogP contribution in [-0.2, 0) is 9.59 Å². The lowest BCUT2D eigenvalue weighted by atomic mass is 9.97. The molecule has 0 unspecified atom stereocenters. The number of benzene rings is 1. The fraction of sp³-hybridized carbons (Fsp3) is 0.560. The van der Waals surface area contributed by atoms with Crippen LogP contribution >= 0.6 is 0 Å². The van der Waals surface area contributed by atoms with Crippen LogP contribution < -0.4 is 5.32 Å². The summed E-state index contributed by atoms with van der Waals surface area (Å²) in [5.41, 5.74) is 0.744. The molecule has 0 saturated heterocycles. The molecule has 0 aliphatic rings. The first-order valence-corrected chi connectivity index (χ1v) is 11.5. The fourth-order valence-corrected chi connectivity index (χ4v) is 3.36. The Labute approximate surface area is 185 Å². The third kappa shape index (κ3) is 11.4. The molecular weight excluding hydrogens is 394 g/mol.